The topological polar surface area (TPSA) is 76.7 Å². The number of fused-ring (bicyclic) bond motifs is 1. The molecule has 2 aromatic rings. The molecule has 2 N–H and O–H groups in total. The first-order chi connectivity index (χ1) is 11.6. The fourth-order valence-electron chi connectivity index (χ4n) is 2.19. The van der Waals surface area contributed by atoms with E-state index in [1.54, 1.807) is 24.3 Å². The first kappa shape index (κ1) is 15.8. The number of para-hydroxylation sites is 2. The number of hydrogen-bond donors (Lipinski definition) is 2. The quantitative estimate of drug-likeness (QED) is 0.833. The SMILES string of the molecule is O=C(Cc1ccc(F)cc1)NNC(=O)C1COc2ccccc2O1. The first-order valence-corrected chi connectivity index (χ1v) is 7.33. The molecular formula is C17H15FN2O4. The molecule has 0 radical (unpaired) electrons. The second-order valence-electron chi connectivity index (χ2n) is 5.20. The summed E-state index contributed by atoms with van der Waals surface area (Å²) >= 11 is 0. The second-order valence-corrected chi connectivity index (χ2v) is 5.20. The molecule has 1 atom stereocenters. The molecule has 0 aliphatic carbocycles. The van der Waals surface area contributed by atoms with E-state index in [-0.39, 0.29) is 18.8 Å². The Morgan fingerprint density at radius 2 is 1.75 bits per heavy atom. The van der Waals surface area contributed by atoms with Crippen LogP contribution >= 0.6 is 0 Å². The normalized spacial score (nSPS) is 15.5. The molecule has 1 unspecified atom stereocenters. The van der Waals surface area contributed by atoms with Crippen molar-refractivity contribution in [2.24, 2.45) is 0 Å². The van der Waals surface area contributed by atoms with Gasteiger partial charge in [-0.25, -0.2) is 4.39 Å². The van der Waals surface area contributed by atoms with Gasteiger partial charge in [-0.15, -0.1) is 0 Å². The Kier molecular flexibility index (Phi) is 4.60. The molecule has 0 spiro atoms. The Labute approximate surface area is 137 Å². The molecule has 0 fully saturated rings. The fourth-order valence-corrected chi connectivity index (χ4v) is 2.19. The van der Waals surface area contributed by atoms with Crippen LogP contribution in [0.1, 0.15) is 5.56 Å². The van der Waals surface area contributed by atoms with Crippen molar-refractivity contribution in [3.63, 3.8) is 0 Å². The highest BCUT2D eigenvalue weighted by atomic mass is 19.1. The monoisotopic (exact) mass is 330 g/mol. The van der Waals surface area contributed by atoms with Gasteiger partial charge in [0, 0.05) is 0 Å². The van der Waals surface area contributed by atoms with E-state index in [0.717, 1.165) is 0 Å². The summed E-state index contributed by atoms with van der Waals surface area (Å²) in [7, 11) is 0. The van der Waals surface area contributed by atoms with Crippen molar-refractivity contribution in [1.82, 2.24) is 10.9 Å². The Morgan fingerprint density at radius 3 is 2.50 bits per heavy atom. The summed E-state index contributed by atoms with van der Waals surface area (Å²) in [6.07, 6.45) is -0.836. The van der Waals surface area contributed by atoms with Gasteiger partial charge >= 0.3 is 0 Å². The zero-order chi connectivity index (χ0) is 16.9. The summed E-state index contributed by atoms with van der Waals surface area (Å²) in [6.45, 7) is 0.0523. The second kappa shape index (κ2) is 6.99. The van der Waals surface area contributed by atoms with Crippen LogP contribution in [-0.2, 0) is 16.0 Å². The molecule has 24 heavy (non-hydrogen) atoms. The van der Waals surface area contributed by atoms with Gasteiger partial charge in [-0.3, -0.25) is 20.4 Å². The van der Waals surface area contributed by atoms with E-state index in [9.17, 15) is 14.0 Å². The first-order valence-electron chi connectivity index (χ1n) is 7.33. The van der Waals surface area contributed by atoms with Crippen LogP contribution in [0.2, 0.25) is 0 Å². The van der Waals surface area contributed by atoms with Crippen LogP contribution in [0.15, 0.2) is 48.5 Å². The number of ether oxygens (including phenoxy) is 2. The molecule has 0 bridgehead atoms. The van der Waals surface area contributed by atoms with Crippen molar-refractivity contribution in [3.05, 3.63) is 59.9 Å². The van der Waals surface area contributed by atoms with Crippen LogP contribution in [0.25, 0.3) is 0 Å². The van der Waals surface area contributed by atoms with E-state index in [0.29, 0.717) is 17.1 Å². The standard InChI is InChI=1S/C17H15FN2O4/c18-12-7-5-11(6-8-12)9-16(21)19-20-17(22)15-10-23-13-3-1-2-4-14(13)24-15/h1-8,15H,9-10H2,(H,19,21)(H,20,22). The minimum absolute atomic E-state index is 0.0193. The van der Waals surface area contributed by atoms with Crippen molar-refractivity contribution >= 4 is 11.8 Å². The number of carbonyl (C=O) groups is 2. The number of amides is 2. The van der Waals surface area contributed by atoms with Gasteiger partial charge < -0.3 is 9.47 Å². The summed E-state index contributed by atoms with van der Waals surface area (Å²) in [6, 6.07) is 12.6. The third-order valence-corrected chi connectivity index (χ3v) is 3.40. The molecule has 2 aromatic carbocycles. The maximum atomic E-state index is 12.8. The lowest BCUT2D eigenvalue weighted by molar-refractivity contribution is -0.134. The Morgan fingerprint density at radius 1 is 1.04 bits per heavy atom. The molecule has 124 valence electrons. The highest BCUT2D eigenvalue weighted by Gasteiger charge is 2.27. The van der Waals surface area contributed by atoms with E-state index < -0.39 is 17.9 Å². The predicted octanol–water partition coefficient (Wildman–Crippen LogP) is 1.36. The molecule has 1 aliphatic rings. The van der Waals surface area contributed by atoms with E-state index in [1.807, 2.05) is 0 Å². The van der Waals surface area contributed by atoms with Gasteiger partial charge in [0.25, 0.3) is 5.91 Å². The number of benzene rings is 2. The molecule has 0 saturated heterocycles. The highest BCUT2D eigenvalue weighted by molar-refractivity contribution is 5.86. The van der Waals surface area contributed by atoms with Crippen LogP contribution in [-0.4, -0.2) is 24.5 Å². The molecule has 0 aromatic heterocycles. The van der Waals surface area contributed by atoms with Crippen molar-refractivity contribution in [2.75, 3.05) is 6.61 Å². The van der Waals surface area contributed by atoms with Crippen molar-refractivity contribution in [2.45, 2.75) is 12.5 Å². The van der Waals surface area contributed by atoms with E-state index in [2.05, 4.69) is 10.9 Å². The molecule has 7 heteroatoms. The van der Waals surface area contributed by atoms with Crippen LogP contribution in [0, 0.1) is 5.82 Å². The Balaban J connectivity index is 1.49. The summed E-state index contributed by atoms with van der Waals surface area (Å²) in [4.78, 5) is 23.8. The molecular weight excluding hydrogens is 315 g/mol. The average Bonchev–Trinajstić information content (AvgIpc) is 2.61. The molecule has 2 amide bonds. The number of carbonyl (C=O) groups excluding carboxylic acids is 2. The maximum absolute atomic E-state index is 12.8. The van der Waals surface area contributed by atoms with E-state index >= 15 is 0 Å². The summed E-state index contributed by atoms with van der Waals surface area (Å²) in [5.74, 6) is -0.269. The fraction of sp³-hybridized carbons (Fsp3) is 0.176. The van der Waals surface area contributed by atoms with Crippen LogP contribution < -0.4 is 20.3 Å². The number of hydrogen-bond acceptors (Lipinski definition) is 4. The minimum Gasteiger partial charge on any atom is -0.485 e. The molecule has 1 heterocycles. The van der Waals surface area contributed by atoms with Gasteiger partial charge in [0.15, 0.2) is 11.5 Å². The third-order valence-electron chi connectivity index (χ3n) is 3.40. The van der Waals surface area contributed by atoms with Crippen LogP contribution in [0.3, 0.4) is 0 Å². The van der Waals surface area contributed by atoms with Crippen molar-refractivity contribution < 1.29 is 23.5 Å². The molecule has 1 aliphatic heterocycles. The lowest BCUT2D eigenvalue weighted by atomic mass is 10.1. The van der Waals surface area contributed by atoms with Crippen LogP contribution in [0.5, 0.6) is 11.5 Å². The summed E-state index contributed by atoms with van der Waals surface area (Å²) in [5, 5.41) is 0. The van der Waals surface area contributed by atoms with Gasteiger partial charge in [-0.1, -0.05) is 24.3 Å². The van der Waals surface area contributed by atoms with Gasteiger partial charge in [0.2, 0.25) is 12.0 Å². The Bertz CT molecular complexity index is 749. The van der Waals surface area contributed by atoms with Crippen molar-refractivity contribution in [1.29, 1.82) is 0 Å². The lowest BCUT2D eigenvalue weighted by Crippen LogP contribution is -2.51. The summed E-state index contributed by atoms with van der Waals surface area (Å²) in [5.41, 5.74) is 5.23. The van der Waals surface area contributed by atoms with Crippen molar-refractivity contribution in [3.8, 4) is 11.5 Å². The predicted molar refractivity (Wildman–Crippen MR) is 82.7 cm³/mol. The van der Waals surface area contributed by atoms with Gasteiger partial charge in [-0.2, -0.15) is 0 Å². The maximum Gasteiger partial charge on any atom is 0.283 e. The average molecular weight is 330 g/mol. The van der Waals surface area contributed by atoms with Gasteiger partial charge in [0.05, 0.1) is 6.42 Å². The number of hydrazine groups is 1. The number of nitrogens with one attached hydrogen (secondary N) is 2. The van der Waals surface area contributed by atoms with Gasteiger partial charge in [-0.05, 0) is 29.8 Å². The number of halogens is 1. The third kappa shape index (κ3) is 3.81. The lowest BCUT2D eigenvalue weighted by Gasteiger charge is -2.25. The van der Waals surface area contributed by atoms with Crippen LogP contribution in [0.4, 0.5) is 4.39 Å². The summed E-state index contributed by atoms with van der Waals surface area (Å²) < 4.78 is 23.8. The van der Waals surface area contributed by atoms with E-state index in [4.69, 9.17) is 9.47 Å². The molecule has 6 nitrogen and oxygen atoms in total. The molecule has 3 rings (SSSR count). The van der Waals surface area contributed by atoms with E-state index in [1.165, 1.54) is 24.3 Å². The zero-order valence-electron chi connectivity index (χ0n) is 12.6. The largest absolute Gasteiger partial charge is 0.485 e. The van der Waals surface area contributed by atoms with Gasteiger partial charge in [0.1, 0.15) is 12.4 Å². The smallest absolute Gasteiger partial charge is 0.283 e. The molecule has 0 saturated carbocycles. The zero-order valence-corrected chi connectivity index (χ0v) is 12.6. The minimum atomic E-state index is -0.856. The Hall–Kier alpha value is -3.09. The highest BCUT2D eigenvalue weighted by Crippen LogP contribution is 2.30. The number of rotatable bonds is 3.